The molecule has 3 rings (SSSR count). The zero-order valence-corrected chi connectivity index (χ0v) is 12.4. The van der Waals surface area contributed by atoms with Crippen LogP contribution in [-0.2, 0) is 6.42 Å². The van der Waals surface area contributed by atoms with Gasteiger partial charge in [0, 0.05) is 11.3 Å². The van der Waals surface area contributed by atoms with E-state index in [4.69, 9.17) is 16.3 Å². The Morgan fingerprint density at radius 1 is 1.37 bits per heavy atom. The van der Waals surface area contributed by atoms with Gasteiger partial charge in [-0.3, -0.25) is 0 Å². The fourth-order valence-corrected chi connectivity index (χ4v) is 3.62. The predicted octanol–water partition coefficient (Wildman–Crippen LogP) is 4.04. The molecule has 0 saturated carbocycles. The Balaban J connectivity index is 1.95. The van der Waals surface area contributed by atoms with Gasteiger partial charge in [0.1, 0.15) is 5.75 Å². The second kappa shape index (κ2) is 5.53. The van der Waals surface area contributed by atoms with E-state index in [2.05, 4.69) is 36.5 Å². The fraction of sp³-hybridized carbons (Fsp3) is 0.333. The lowest BCUT2D eigenvalue weighted by Gasteiger charge is -2.17. The fourth-order valence-electron chi connectivity index (χ4n) is 2.46. The average Bonchev–Trinajstić information content (AvgIpc) is 3.03. The molecule has 4 heteroatoms. The second-order valence-electron chi connectivity index (χ2n) is 4.60. The number of thiophene rings is 1. The Kier molecular flexibility index (Phi) is 3.78. The van der Waals surface area contributed by atoms with E-state index in [1.165, 1.54) is 16.0 Å². The summed E-state index contributed by atoms with van der Waals surface area (Å²) in [5, 5.41) is 3.53. The summed E-state index contributed by atoms with van der Waals surface area (Å²) in [5.74, 6) is 1.03. The van der Waals surface area contributed by atoms with Gasteiger partial charge in [-0.25, -0.2) is 0 Å². The zero-order valence-electron chi connectivity index (χ0n) is 10.8. The molecule has 2 heterocycles. The molecular formula is C15H16ClNOS. The van der Waals surface area contributed by atoms with E-state index < -0.39 is 0 Å². The van der Waals surface area contributed by atoms with E-state index in [0.29, 0.717) is 0 Å². The number of hydrogen-bond acceptors (Lipinski definition) is 3. The molecule has 100 valence electrons. The molecule has 1 atom stereocenters. The number of nitrogens with one attached hydrogen (secondary N) is 1. The van der Waals surface area contributed by atoms with Gasteiger partial charge in [-0.1, -0.05) is 30.7 Å². The molecule has 0 saturated heterocycles. The van der Waals surface area contributed by atoms with Crippen LogP contribution in [0.2, 0.25) is 4.34 Å². The Hall–Kier alpha value is -1.03. The van der Waals surface area contributed by atoms with Gasteiger partial charge in [0.15, 0.2) is 0 Å². The minimum atomic E-state index is 0.216. The van der Waals surface area contributed by atoms with Crippen LogP contribution in [0.5, 0.6) is 5.75 Å². The summed E-state index contributed by atoms with van der Waals surface area (Å²) < 4.78 is 6.40. The summed E-state index contributed by atoms with van der Waals surface area (Å²) in [6.45, 7) is 3.85. The van der Waals surface area contributed by atoms with Gasteiger partial charge < -0.3 is 10.1 Å². The second-order valence-corrected chi connectivity index (χ2v) is 6.34. The van der Waals surface area contributed by atoms with Gasteiger partial charge in [0.05, 0.1) is 17.0 Å². The summed E-state index contributed by atoms with van der Waals surface area (Å²) in [5.41, 5.74) is 2.59. The van der Waals surface area contributed by atoms with Crippen molar-refractivity contribution in [2.45, 2.75) is 19.4 Å². The lowest BCUT2D eigenvalue weighted by molar-refractivity contribution is 0.357. The highest BCUT2D eigenvalue weighted by Crippen LogP contribution is 2.34. The van der Waals surface area contributed by atoms with E-state index >= 15 is 0 Å². The molecule has 0 aliphatic carbocycles. The minimum absolute atomic E-state index is 0.216. The standard InChI is InChI=1S/C15H16ClNOS/c1-2-17-15(13-5-6-14(16)19-13)11-3-4-12-10(9-11)7-8-18-12/h3-6,9,15,17H,2,7-8H2,1H3. The van der Waals surface area contributed by atoms with Crippen LogP contribution in [0.15, 0.2) is 30.3 Å². The molecule has 1 aromatic carbocycles. The number of benzene rings is 1. The largest absolute Gasteiger partial charge is 0.493 e. The van der Waals surface area contributed by atoms with Crippen LogP contribution in [0.1, 0.15) is 29.0 Å². The Labute approximate surface area is 122 Å². The zero-order chi connectivity index (χ0) is 13.2. The molecule has 0 spiro atoms. The molecule has 0 amide bonds. The van der Waals surface area contributed by atoms with Crippen LogP contribution in [-0.4, -0.2) is 13.2 Å². The lowest BCUT2D eigenvalue weighted by atomic mass is 10.0. The van der Waals surface area contributed by atoms with E-state index in [0.717, 1.165) is 29.7 Å². The predicted molar refractivity (Wildman–Crippen MR) is 80.5 cm³/mol. The first kappa shape index (κ1) is 13.0. The lowest BCUT2D eigenvalue weighted by Crippen LogP contribution is -2.21. The van der Waals surface area contributed by atoms with Gasteiger partial charge >= 0.3 is 0 Å². The summed E-state index contributed by atoms with van der Waals surface area (Å²) in [7, 11) is 0. The molecule has 1 unspecified atom stereocenters. The quantitative estimate of drug-likeness (QED) is 0.919. The molecular weight excluding hydrogens is 278 g/mol. The van der Waals surface area contributed by atoms with Crippen LogP contribution in [0.3, 0.4) is 0 Å². The number of rotatable bonds is 4. The highest BCUT2D eigenvalue weighted by atomic mass is 35.5. The maximum Gasteiger partial charge on any atom is 0.122 e. The van der Waals surface area contributed by atoms with Crippen LogP contribution in [0, 0.1) is 0 Å². The Bertz CT molecular complexity index is 581. The maximum atomic E-state index is 6.06. The molecule has 1 N–H and O–H groups in total. The third kappa shape index (κ3) is 2.64. The van der Waals surface area contributed by atoms with E-state index in [9.17, 15) is 0 Å². The molecule has 1 aliphatic heterocycles. The summed E-state index contributed by atoms with van der Waals surface area (Å²) in [4.78, 5) is 1.26. The van der Waals surface area contributed by atoms with Gasteiger partial charge in [-0.05, 0) is 35.9 Å². The van der Waals surface area contributed by atoms with Crippen molar-refractivity contribution in [2.75, 3.05) is 13.2 Å². The van der Waals surface area contributed by atoms with Crippen LogP contribution in [0.4, 0.5) is 0 Å². The van der Waals surface area contributed by atoms with Crippen molar-refractivity contribution in [1.29, 1.82) is 0 Å². The van der Waals surface area contributed by atoms with Crippen molar-refractivity contribution in [3.05, 3.63) is 50.7 Å². The van der Waals surface area contributed by atoms with Gasteiger partial charge in [-0.15, -0.1) is 11.3 Å². The van der Waals surface area contributed by atoms with Crippen molar-refractivity contribution < 1.29 is 4.74 Å². The number of fused-ring (bicyclic) bond motifs is 1. The van der Waals surface area contributed by atoms with Gasteiger partial charge in [0.2, 0.25) is 0 Å². The van der Waals surface area contributed by atoms with Gasteiger partial charge in [0.25, 0.3) is 0 Å². The molecule has 1 aromatic heterocycles. The Morgan fingerprint density at radius 3 is 3.00 bits per heavy atom. The smallest absolute Gasteiger partial charge is 0.122 e. The molecule has 1 aliphatic rings. The summed E-state index contributed by atoms with van der Waals surface area (Å²) in [6.07, 6.45) is 1.01. The number of halogens is 1. The molecule has 0 bridgehead atoms. The van der Waals surface area contributed by atoms with Crippen molar-refractivity contribution in [2.24, 2.45) is 0 Å². The normalized spacial score (nSPS) is 15.1. The first-order valence-corrected chi connectivity index (χ1v) is 7.71. The van der Waals surface area contributed by atoms with Crippen molar-refractivity contribution in [1.82, 2.24) is 5.32 Å². The van der Waals surface area contributed by atoms with Gasteiger partial charge in [-0.2, -0.15) is 0 Å². The van der Waals surface area contributed by atoms with Crippen LogP contribution < -0.4 is 10.1 Å². The molecule has 0 fully saturated rings. The van der Waals surface area contributed by atoms with E-state index in [-0.39, 0.29) is 6.04 Å². The average molecular weight is 294 g/mol. The minimum Gasteiger partial charge on any atom is -0.493 e. The first-order valence-electron chi connectivity index (χ1n) is 6.52. The highest BCUT2D eigenvalue weighted by molar-refractivity contribution is 7.16. The van der Waals surface area contributed by atoms with Crippen molar-refractivity contribution >= 4 is 22.9 Å². The summed E-state index contributed by atoms with van der Waals surface area (Å²) in [6, 6.07) is 10.8. The molecule has 19 heavy (non-hydrogen) atoms. The van der Waals surface area contributed by atoms with Crippen molar-refractivity contribution in [3.8, 4) is 5.75 Å². The van der Waals surface area contributed by atoms with Crippen molar-refractivity contribution in [3.63, 3.8) is 0 Å². The highest BCUT2D eigenvalue weighted by Gasteiger charge is 2.19. The van der Waals surface area contributed by atoms with E-state index in [1.54, 1.807) is 11.3 Å². The first-order chi connectivity index (χ1) is 9.28. The van der Waals surface area contributed by atoms with Crippen LogP contribution >= 0.6 is 22.9 Å². The number of hydrogen-bond donors (Lipinski definition) is 1. The third-order valence-electron chi connectivity index (χ3n) is 3.33. The maximum absolute atomic E-state index is 6.06. The Morgan fingerprint density at radius 2 is 2.26 bits per heavy atom. The molecule has 2 aromatic rings. The molecule has 2 nitrogen and oxygen atoms in total. The monoisotopic (exact) mass is 293 g/mol. The number of ether oxygens (including phenoxy) is 1. The SMILES string of the molecule is CCNC(c1ccc2c(c1)CCO2)c1ccc(Cl)s1. The third-order valence-corrected chi connectivity index (χ3v) is 4.63. The van der Waals surface area contributed by atoms with E-state index in [1.807, 2.05) is 6.07 Å². The molecule has 0 radical (unpaired) electrons. The van der Waals surface area contributed by atoms with Crippen LogP contribution in [0.25, 0.3) is 0 Å². The summed E-state index contributed by atoms with van der Waals surface area (Å²) >= 11 is 7.69. The topological polar surface area (TPSA) is 21.3 Å².